The zero-order valence-corrected chi connectivity index (χ0v) is 17.7. The molecule has 2 saturated heterocycles. The van der Waals surface area contributed by atoms with Gasteiger partial charge in [-0.3, -0.25) is 4.79 Å². The monoisotopic (exact) mass is 452 g/mol. The lowest BCUT2D eigenvalue weighted by atomic mass is 9.85. The fourth-order valence-corrected chi connectivity index (χ4v) is 5.26. The molecule has 1 aromatic carbocycles. The van der Waals surface area contributed by atoms with E-state index in [-0.39, 0.29) is 17.2 Å². The molecule has 28 heavy (non-hydrogen) atoms. The van der Waals surface area contributed by atoms with Crippen LogP contribution in [0.4, 0.5) is 0 Å². The van der Waals surface area contributed by atoms with Crippen molar-refractivity contribution in [3.63, 3.8) is 0 Å². The minimum absolute atomic E-state index is 0.0104. The fraction of sp³-hybridized carbons (Fsp3) is 0.550. The van der Waals surface area contributed by atoms with Gasteiger partial charge in [0.1, 0.15) is 11.3 Å². The van der Waals surface area contributed by atoms with Crippen LogP contribution in [0.15, 0.2) is 22.4 Å². The number of nitrogens with zero attached hydrogens (tertiary/aromatic N) is 2. The van der Waals surface area contributed by atoms with Gasteiger partial charge in [0, 0.05) is 29.5 Å². The van der Waals surface area contributed by atoms with E-state index >= 15 is 0 Å². The maximum Gasteiger partial charge on any atom is 0.282 e. The number of piperidine rings is 1. The van der Waals surface area contributed by atoms with Gasteiger partial charge < -0.3 is 15.1 Å². The molecular formula is C20H25BrN2O5. The van der Waals surface area contributed by atoms with Crippen molar-refractivity contribution in [3.05, 3.63) is 39.1 Å². The lowest BCUT2D eigenvalue weighted by Crippen LogP contribution is -2.55. The van der Waals surface area contributed by atoms with E-state index in [9.17, 15) is 15.1 Å². The topological polar surface area (TPSA) is 82.5 Å². The first kappa shape index (κ1) is 19.8. The van der Waals surface area contributed by atoms with Gasteiger partial charge in [-0.25, -0.2) is 9.90 Å². The molecule has 3 heterocycles. The maximum absolute atomic E-state index is 13.5. The standard InChI is InChI=1S/C20H25BrN2O5/c1-12-10-13(2)16(14(21)11-12)17-18(24)20(5-7-22(26)8-6-20)23(19(17)25)28-15-4-3-9-27-15/h10-11,15,24,26H,3-9H2,1-2H3. The summed E-state index contributed by atoms with van der Waals surface area (Å²) in [5.41, 5.74) is 1.91. The number of rotatable bonds is 3. The maximum atomic E-state index is 13.5. The fourth-order valence-electron chi connectivity index (χ4n) is 4.39. The van der Waals surface area contributed by atoms with Crippen LogP contribution in [0.1, 0.15) is 42.4 Å². The first-order valence-corrected chi connectivity index (χ1v) is 10.4. The van der Waals surface area contributed by atoms with Crippen LogP contribution in [0.25, 0.3) is 5.57 Å². The third-order valence-electron chi connectivity index (χ3n) is 5.82. The Balaban J connectivity index is 1.80. The van der Waals surface area contributed by atoms with E-state index in [1.165, 1.54) is 10.1 Å². The van der Waals surface area contributed by atoms with Crippen molar-refractivity contribution in [1.82, 2.24) is 10.1 Å². The van der Waals surface area contributed by atoms with Gasteiger partial charge in [0.25, 0.3) is 5.91 Å². The van der Waals surface area contributed by atoms with Gasteiger partial charge in [0.05, 0.1) is 12.2 Å². The highest BCUT2D eigenvalue weighted by molar-refractivity contribution is 9.10. The van der Waals surface area contributed by atoms with Crippen molar-refractivity contribution in [1.29, 1.82) is 0 Å². The minimum Gasteiger partial charge on any atom is -0.509 e. The summed E-state index contributed by atoms with van der Waals surface area (Å²) in [6.45, 7) is 5.18. The average Bonchev–Trinajstić information content (AvgIpc) is 3.21. The summed E-state index contributed by atoms with van der Waals surface area (Å²) >= 11 is 3.56. The van der Waals surface area contributed by atoms with Crippen LogP contribution in [-0.4, -0.2) is 57.9 Å². The van der Waals surface area contributed by atoms with Crippen molar-refractivity contribution >= 4 is 27.4 Å². The number of aliphatic hydroxyl groups is 1. The van der Waals surface area contributed by atoms with Crippen LogP contribution in [-0.2, 0) is 14.4 Å². The summed E-state index contributed by atoms with van der Waals surface area (Å²) < 4.78 is 6.33. The van der Waals surface area contributed by atoms with Gasteiger partial charge in [0.15, 0.2) is 6.29 Å². The summed E-state index contributed by atoms with van der Waals surface area (Å²) in [7, 11) is 0. The van der Waals surface area contributed by atoms with Gasteiger partial charge in [-0.15, -0.1) is 0 Å². The number of halogens is 1. The zero-order valence-electron chi connectivity index (χ0n) is 16.1. The van der Waals surface area contributed by atoms with Crippen molar-refractivity contribution in [2.75, 3.05) is 19.7 Å². The number of aliphatic hydroxyl groups excluding tert-OH is 1. The van der Waals surface area contributed by atoms with Crippen LogP contribution < -0.4 is 0 Å². The van der Waals surface area contributed by atoms with Crippen LogP contribution in [0, 0.1) is 13.8 Å². The van der Waals surface area contributed by atoms with Crippen molar-refractivity contribution in [3.8, 4) is 0 Å². The highest BCUT2D eigenvalue weighted by Crippen LogP contribution is 2.47. The molecule has 0 bridgehead atoms. The first-order chi connectivity index (χ1) is 13.3. The van der Waals surface area contributed by atoms with Crippen LogP contribution >= 0.6 is 15.9 Å². The molecule has 1 spiro atoms. The molecule has 1 unspecified atom stereocenters. The number of carbonyl (C=O) groups excluding carboxylic acids is 1. The Labute approximate surface area is 172 Å². The van der Waals surface area contributed by atoms with E-state index in [0.29, 0.717) is 44.5 Å². The molecule has 8 heteroatoms. The molecule has 0 radical (unpaired) electrons. The highest BCUT2D eigenvalue weighted by Gasteiger charge is 2.56. The van der Waals surface area contributed by atoms with Crippen molar-refractivity contribution in [2.24, 2.45) is 0 Å². The van der Waals surface area contributed by atoms with E-state index < -0.39 is 11.8 Å². The third-order valence-corrected chi connectivity index (χ3v) is 6.45. The molecule has 0 aliphatic carbocycles. The molecule has 2 fully saturated rings. The molecule has 152 valence electrons. The number of benzene rings is 1. The summed E-state index contributed by atoms with van der Waals surface area (Å²) in [6, 6.07) is 3.92. The van der Waals surface area contributed by atoms with Gasteiger partial charge in [-0.2, -0.15) is 5.06 Å². The SMILES string of the molecule is Cc1cc(C)c(C2=C(O)C3(CCN(O)CC3)N(OC3CCCO3)C2=O)c(Br)c1. The first-order valence-electron chi connectivity index (χ1n) is 9.61. The quantitative estimate of drug-likeness (QED) is 0.730. The van der Waals surface area contributed by atoms with Gasteiger partial charge >= 0.3 is 0 Å². The van der Waals surface area contributed by atoms with E-state index in [0.717, 1.165) is 22.0 Å². The number of hydrogen-bond donors (Lipinski definition) is 2. The minimum atomic E-state index is -0.992. The lowest BCUT2D eigenvalue weighted by molar-refractivity contribution is -0.290. The smallest absolute Gasteiger partial charge is 0.282 e. The molecule has 0 aromatic heterocycles. The number of amides is 1. The Morgan fingerprint density at radius 2 is 2.00 bits per heavy atom. The predicted molar refractivity (Wildman–Crippen MR) is 105 cm³/mol. The van der Waals surface area contributed by atoms with Crippen LogP contribution in [0.2, 0.25) is 0 Å². The largest absolute Gasteiger partial charge is 0.509 e. The summed E-state index contributed by atoms with van der Waals surface area (Å²) in [6.07, 6.45) is 1.83. The predicted octanol–water partition coefficient (Wildman–Crippen LogP) is 3.47. The Kier molecular flexibility index (Phi) is 5.26. The van der Waals surface area contributed by atoms with Crippen LogP contribution in [0.3, 0.4) is 0 Å². The number of ether oxygens (including phenoxy) is 1. The van der Waals surface area contributed by atoms with E-state index in [2.05, 4.69) is 15.9 Å². The second kappa shape index (κ2) is 7.42. The van der Waals surface area contributed by atoms with Gasteiger partial charge in [-0.05, 0) is 50.3 Å². The molecule has 2 N–H and O–H groups in total. The normalized spacial score (nSPS) is 25.4. The van der Waals surface area contributed by atoms with E-state index in [1.54, 1.807) is 0 Å². The second-order valence-electron chi connectivity index (χ2n) is 7.80. The molecule has 1 aromatic rings. The molecule has 3 aliphatic heterocycles. The summed E-state index contributed by atoms with van der Waals surface area (Å²) in [4.78, 5) is 19.5. The van der Waals surface area contributed by atoms with Crippen molar-refractivity contribution in [2.45, 2.75) is 51.4 Å². The molecule has 3 aliphatic rings. The number of carbonyl (C=O) groups is 1. The van der Waals surface area contributed by atoms with Crippen LogP contribution in [0.5, 0.6) is 0 Å². The molecule has 1 amide bonds. The molecule has 0 saturated carbocycles. The summed E-state index contributed by atoms with van der Waals surface area (Å²) in [5.74, 6) is -0.358. The zero-order chi connectivity index (χ0) is 20.1. The van der Waals surface area contributed by atoms with E-state index in [4.69, 9.17) is 9.57 Å². The molecule has 1 atom stereocenters. The number of hydroxylamine groups is 4. The number of hydrogen-bond acceptors (Lipinski definition) is 6. The second-order valence-corrected chi connectivity index (χ2v) is 8.65. The Hall–Kier alpha value is -1.45. The number of aryl methyl sites for hydroxylation is 2. The van der Waals surface area contributed by atoms with Crippen molar-refractivity contribution < 1.29 is 24.7 Å². The highest BCUT2D eigenvalue weighted by atomic mass is 79.9. The lowest BCUT2D eigenvalue weighted by Gasteiger charge is -2.42. The molecular weight excluding hydrogens is 428 g/mol. The Bertz CT molecular complexity index is 803. The summed E-state index contributed by atoms with van der Waals surface area (Å²) in [5, 5.41) is 23.7. The molecule has 7 nitrogen and oxygen atoms in total. The third kappa shape index (κ3) is 3.17. The van der Waals surface area contributed by atoms with Gasteiger partial charge in [-0.1, -0.05) is 22.0 Å². The van der Waals surface area contributed by atoms with Gasteiger partial charge in [0.2, 0.25) is 0 Å². The Morgan fingerprint density at radius 1 is 1.29 bits per heavy atom. The van der Waals surface area contributed by atoms with E-state index in [1.807, 2.05) is 26.0 Å². The molecule has 4 rings (SSSR count). The Morgan fingerprint density at radius 3 is 2.61 bits per heavy atom. The average molecular weight is 453 g/mol.